The highest BCUT2D eigenvalue weighted by molar-refractivity contribution is 5.52. The molecule has 2 aliphatic heterocycles. The Hall–Kier alpha value is -1.68. The number of hydrazine groups is 1. The second-order valence-corrected chi connectivity index (χ2v) is 7.76. The summed E-state index contributed by atoms with van der Waals surface area (Å²) in [6, 6.07) is 8.83. The summed E-state index contributed by atoms with van der Waals surface area (Å²) < 4.78 is 5.91. The van der Waals surface area contributed by atoms with Gasteiger partial charge in [0.1, 0.15) is 5.75 Å². The molecular formula is C21H33N3O. The number of hydrogen-bond donors (Lipinski definition) is 1. The molecule has 138 valence electrons. The number of likely N-dealkylation sites (tertiary alicyclic amines) is 1. The van der Waals surface area contributed by atoms with Crippen LogP contribution in [0.2, 0.25) is 0 Å². The second kappa shape index (κ2) is 8.61. The van der Waals surface area contributed by atoms with E-state index >= 15 is 0 Å². The smallest absolute Gasteiger partial charge is 0.119 e. The van der Waals surface area contributed by atoms with Gasteiger partial charge in [0.2, 0.25) is 0 Å². The quantitative estimate of drug-likeness (QED) is 0.716. The number of anilines is 1. The summed E-state index contributed by atoms with van der Waals surface area (Å²) in [6.45, 7) is 11.2. The summed E-state index contributed by atoms with van der Waals surface area (Å²) in [5, 5.41) is 2.23. The van der Waals surface area contributed by atoms with E-state index in [0.717, 1.165) is 31.7 Å². The lowest BCUT2D eigenvalue weighted by Gasteiger charge is -2.25. The molecule has 1 N–H and O–H groups in total. The second-order valence-electron chi connectivity index (χ2n) is 7.76. The molecule has 0 radical (unpaired) electrons. The van der Waals surface area contributed by atoms with E-state index < -0.39 is 0 Å². The summed E-state index contributed by atoms with van der Waals surface area (Å²) in [5.41, 5.74) is 6.05. The fourth-order valence-electron chi connectivity index (χ4n) is 3.70. The summed E-state index contributed by atoms with van der Waals surface area (Å²) >= 11 is 0. The number of nitrogens with zero attached hydrogens (tertiary/aromatic N) is 2. The topological polar surface area (TPSA) is 27.7 Å². The lowest BCUT2D eigenvalue weighted by Crippen LogP contribution is -2.37. The first-order chi connectivity index (χ1) is 12.1. The Balaban J connectivity index is 1.44. The van der Waals surface area contributed by atoms with E-state index in [9.17, 15) is 0 Å². The van der Waals surface area contributed by atoms with Crippen LogP contribution in [0, 0.1) is 5.92 Å². The minimum absolute atomic E-state index is 0.376. The van der Waals surface area contributed by atoms with Crippen molar-refractivity contribution in [2.75, 3.05) is 31.3 Å². The minimum Gasteiger partial charge on any atom is -0.494 e. The van der Waals surface area contributed by atoms with Crippen LogP contribution in [0.5, 0.6) is 5.75 Å². The SMILES string of the molecule is CC(C)CC1=CC(C)N(c2ccc(OCCCN3CCCC3)cc2)N1. The van der Waals surface area contributed by atoms with Crippen LogP contribution >= 0.6 is 0 Å². The van der Waals surface area contributed by atoms with Crippen LogP contribution in [0.4, 0.5) is 5.69 Å². The van der Waals surface area contributed by atoms with Crippen molar-refractivity contribution in [1.29, 1.82) is 0 Å². The van der Waals surface area contributed by atoms with Gasteiger partial charge in [0.15, 0.2) is 0 Å². The standard InChI is InChI=1S/C21H33N3O/c1-17(2)15-19-16-18(3)24(22-19)20-7-9-21(10-8-20)25-14-6-13-23-11-4-5-12-23/h7-10,16-18,22H,4-6,11-15H2,1-3H3. The van der Waals surface area contributed by atoms with Gasteiger partial charge in [-0.1, -0.05) is 13.8 Å². The molecule has 1 aromatic rings. The lowest BCUT2D eigenvalue weighted by molar-refractivity contribution is 0.263. The number of nitrogens with one attached hydrogen (secondary N) is 1. The average Bonchev–Trinajstić information content (AvgIpc) is 3.21. The molecule has 0 aliphatic carbocycles. The number of benzene rings is 1. The summed E-state index contributed by atoms with van der Waals surface area (Å²) in [5.74, 6) is 1.63. The predicted octanol–water partition coefficient (Wildman–Crippen LogP) is 4.19. The Kier molecular flexibility index (Phi) is 6.24. The zero-order valence-electron chi connectivity index (χ0n) is 16.0. The zero-order chi connectivity index (χ0) is 17.6. The molecule has 0 aromatic heterocycles. The van der Waals surface area contributed by atoms with E-state index in [1.165, 1.54) is 37.3 Å². The summed E-state index contributed by atoms with van der Waals surface area (Å²) in [4.78, 5) is 2.54. The molecule has 0 spiro atoms. The van der Waals surface area contributed by atoms with E-state index in [4.69, 9.17) is 4.74 Å². The first kappa shape index (κ1) is 18.1. The first-order valence-corrected chi connectivity index (χ1v) is 9.83. The van der Waals surface area contributed by atoms with Crippen LogP contribution in [-0.4, -0.2) is 37.2 Å². The third-order valence-electron chi connectivity index (χ3n) is 4.94. The van der Waals surface area contributed by atoms with Crippen LogP contribution in [0.25, 0.3) is 0 Å². The maximum atomic E-state index is 5.91. The fourth-order valence-corrected chi connectivity index (χ4v) is 3.70. The third kappa shape index (κ3) is 5.15. The summed E-state index contributed by atoms with van der Waals surface area (Å²) in [6.07, 6.45) is 7.24. The molecule has 4 heteroatoms. The van der Waals surface area contributed by atoms with Crippen molar-refractivity contribution in [3.05, 3.63) is 36.0 Å². The van der Waals surface area contributed by atoms with Crippen LogP contribution in [0.15, 0.2) is 36.0 Å². The van der Waals surface area contributed by atoms with Gasteiger partial charge in [-0.15, -0.1) is 0 Å². The van der Waals surface area contributed by atoms with Gasteiger partial charge in [-0.3, -0.25) is 5.01 Å². The van der Waals surface area contributed by atoms with Gasteiger partial charge in [0.05, 0.1) is 18.3 Å². The maximum Gasteiger partial charge on any atom is 0.119 e. The highest BCUT2D eigenvalue weighted by Gasteiger charge is 2.21. The van der Waals surface area contributed by atoms with Crippen molar-refractivity contribution in [1.82, 2.24) is 10.3 Å². The van der Waals surface area contributed by atoms with Crippen LogP contribution in [-0.2, 0) is 0 Å². The number of allylic oxidation sites excluding steroid dienone is 1. The largest absolute Gasteiger partial charge is 0.494 e. The van der Waals surface area contributed by atoms with E-state index in [-0.39, 0.29) is 0 Å². The van der Waals surface area contributed by atoms with E-state index in [2.05, 4.69) is 66.4 Å². The third-order valence-corrected chi connectivity index (χ3v) is 4.94. The molecule has 1 unspecified atom stereocenters. The Morgan fingerprint density at radius 2 is 1.88 bits per heavy atom. The summed E-state index contributed by atoms with van der Waals surface area (Å²) in [7, 11) is 0. The van der Waals surface area contributed by atoms with Crippen LogP contribution in [0.1, 0.15) is 46.5 Å². The van der Waals surface area contributed by atoms with Gasteiger partial charge in [-0.2, -0.15) is 0 Å². The van der Waals surface area contributed by atoms with Crippen molar-refractivity contribution in [3.63, 3.8) is 0 Å². The normalized spacial score (nSPS) is 20.9. The monoisotopic (exact) mass is 343 g/mol. The molecule has 1 saturated heterocycles. The van der Waals surface area contributed by atoms with Gasteiger partial charge in [0, 0.05) is 12.2 Å². The number of ether oxygens (including phenoxy) is 1. The molecular weight excluding hydrogens is 310 g/mol. The Morgan fingerprint density at radius 1 is 1.16 bits per heavy atom. The molecule has 4 nitrogen and oxygen atoms in total. The highest BCUT2D eigenvalue weighted by Crippen LogP contribution is 2.25. The molecule has 2 heterocycles. The predicted molar refractivity (Wildman–Crippen MR) is 105 cm³/mol. The first-order valence-electron chi connectivity index (χ1n) is 9.83. The number of rotatable bonds is 8. The van der Waals surface area contributed by atoms with Crippen LogP contribution < -0.4 is 15.2 Å². The minimum atomic E-state index is 0.376. The van der Waals surface area contributed by atoms with Gasteiger partial charge in [-0.05, 0) is 82.0 Å². The van der Waals surface area contributed by atoms with Crippen molar-refractivity contribution in [3.8, 4) is 5.75 Å². The van der Waals surface area contributed by atoms with Crippen LogP contribution in [0.3, 0.4) is 0 Å². The average molecular weight is 344 g/mol. The van der Waals surface area contributed by atoms with Crippen molar-refractivity contribution < 1.29 is 4.74 Å². The molecule has 1 atom stereocenters. The van der Waals surface area contributed by atoms with Gasteiger partial charge >= 0.3 is 0 Å². The van der Waals surface area contributed by atoms with Gasteiger partial charge in [0.25, 0.3) is 0 Å². The number of hydrogen-bond acceptors (Lipinski definition) is 4. The Labute approximate surface area is 152 Å². The van der Waals surface area contributed by atoms with Gasteiger partial charge in [-0.25, -0.2) is 0 Å². The van der Waals surface area contributed by atoms with E-state index in [0.29, 0.717) is 12.0 Å². The zero-order valence-corrected chi connectivity index (χ0v) is 16.0. The maximum absolute atomic E-state index is 5.91. The molecule has 2 aliphatic rings. The molecule has 25 heavy (non-hydrogen) atoms. The highest BCUT2D eigenvalue weighted by atomic mass is 16.5. The Morgan fingerprint density at radius 3 is 2.56 bits per heavy atom. The lowest BCUT2D eigenvalue weighted by atomic mass is 10.1. The van der Waals surface area contributed by atoms with E-state index in [1.54, 1.807) is 0 Å². The van der Waals surface area contributed by atoms with Gasteiger partial charge < -0.3 is 15.1 Å². The molecule has 1 aromatic carbocycles. The van der Waals surface area contributed by atoms with Crippen molar-refractivity contribution >= 4 is 5.69 Å². The van der Waals surface area contributed by atoms with E-state index in [1.807, 2.05) is 0 Å². The molecule has 3 rings (SSSR count). The Bertz CT molecular complexity index is 561. The van der Waals surface area contributed by atoms with Crippen molar-refractivity contribution in [2.24, 2.45) is 5.92 Å². The molecule has 0 amide bonds. The molecule has 0 bridgehead atoms. The van der Waals surface area contributed by atoms with Crippen molar-refractivity contribution in [2.45, 2.75) is 52.5 Å². The molecule has 0 saturated carbocycles. The fraction of sp³-hybridized carbons (Fsp3) is 0.619. The molecule has 1 fully saturated rings.